The van der Waals surface area contributed by atoms with Crippen molar-refractivity contribution in [3.05, 3.63) is 33.8 Å². The van der Waals surface area contributed by atoms with Gasteiger partial charge in [-0.1, -0.05) is 36.2 Å². The van der Waals surface area contributed by atoms with Crippen LogP contribution in [0.4, 0.5) is 0 Å². The average molecular weight is 317 g/mol. The Morgan fingerprint density at radius 1 is 1.10 bits per heavy atom. The maximum atomic E-state index is 10.2. The van der Waals surface area contributed by atoms with Crippen molar-refractivity contribution < 1.29 is 5.11 Å². The SMILES string of the molecule is CCN1CCN(CCC(O)c2ccc(Cl)c(Cl)c2)CC1. The molecule has 1 fully saturated rings. The summed E-state index contributed by atoms with van der Waals surface area (Å²) in [6.07, 6.45) is 0.248. The van der Waals surface area contributed by atoms with Gasteiger partial charge in [0.05, 0.1) is 16.1 Å². The molecule has 0 bridgehead atoms. The molecule has 1 heterocycles. The third kappa shape index (κ3) is 4.34. The minimum Gasteiger partial charge on any atom is -0.388 e. The zero-order valence-electron chi connectivity index (χ0n) is 11.9. The summed E-state index contributed by atoms with van der Waals surface area (Å²) in [6, 6.07) is 5.33. The van der Waals surface area contributed by atoms with Gasteiger partial charge in [-0.05, 0) is 30.7 Å². The van der Waals surface area contributed by atoms with Crippen LogP contribution in [-0.4, -0.2) is 54.2 Å². The molecule has 0 spiro atoms. The number of nitrogens with zero attached hydrogens (tertiary/aromatic N) is 2. The fourth-order valence-electron chi connectivity index (χ4n) is 2.52. The fourth-order valence-corrected chi connectivity index (χ4v) is 2.83. The number of aliphatic hydroxyl groups excluding tert-OH is 1. The molecule has 1 aromatic rings. The average Bonchev–Trinajstić information content (AvgIpc) is 2.48. The van der Waals surface area contributed by atoms with E-state index in [0.717, 1.165) is 51.3 Å². The van der Waals surface area contributed by atoms with Crippen molar-refractivity contribution in [3.8, 4) is 0 Å². The zero-order valence-corrected chi connectivity index (χ0v) is 13.4. The lowest BCUT2D eigenvalue weighted by Crippen LogP contribution is -2.46. The van der Waals surface area contributed by atoms with Crippen molar-refractivity contribution in [2.24, 2.45) is 0 Å². The van der Waals surface area contributed by atoms with Crippen LogP contribution in [0.1, 0.15) is 25.0 Å². The maximum Gasteiger partial charge on any atom is 0.0802 e. The highest BCUT2D eigenvalue weighted by Gasteiger charge is 2.17. The third-order valence-corrected chi connectivity index (χ3v) is 4.70. The number of hydrogen-bond donors (Lipinski definition) is 1. The lowest BCUT2D eigenvalue weighted by atomic mass is 10.1. The van der Waals surface area contributed by atoms with Gasteiger partial charge in [0.2, 0.25) is 0 Å². The van der Waals surface area contributed by atoms with E-state index in [2.05, 4.69) is 16.7 Å². The lowest BCUT2D eigenvalue weighted by molar-refractivity contribution is 0.105. The number of halogens is 2. The standard InChI is InChI=1S/C15H22Cl2N2O/c1-2-18-7-9-19(10-8-18)6-5-15(20)12-3-4-13(16)14(17)11-12/h3-4,11,15,20H,2,5-10H2,1H3. The van der Waals surface area contributed by atoms with Crippen LogP contribution in [0.25, 0.3) is 0 Å². The highest BCUT2D eigenvalue weighted by atomic mass is 35.5. The molecule has 2 rings (SSSR count). The Hall–Kier alpha value is -0.320. The summed E-state index contributed by atoms with van der Waals surface area (Å²) in [4.78, 5) is 4.86. The van der Waals surface area contributed by atoms with Gasteiger partial charge in [0.15, 0.2) is 0 Å². The smallest absolute Gasteiger partial charge is 0.0802 e. The Morgan fingerprint density at radius 2 is 1.75 bits per heavy atom. The predicted octanol–water partition coefficient (Wildman–Crippen LogP) is 3.05. The van der Waals surface area contributed by atoms with E-state index >= 15 is 0 Å². The number of rotatable bonds is 5. The van der Waals surface area contributed by atoms with Gasteiger partial charge in [-0.15, -0.1) is 0 Å². The van der Waals surface area contributed by atoms with Crippen molar-refractivity contribution in [3.63, 3.8) is 0 Å². The zero-order chi connectivity index (χ0) is 14.5. The highest BCUT2D eigenvalue weighted by Crippen LogP contribution is 2.27. The molecule has 1 saturated heterocycles. The molecule has 0 radical (unpaired) electrons. The van der Waals surface area contributed by atoms with Crippen LogP contribution in [0.3, 0.4) is 0 Å². The number of hydrogen-bond acceptors (Lipinski definition) is 3. The molecule has 112 valence electrons. The van der Waals surface area contributed by atoms with Crippen molar-refractivity contribution in [1.82, 2.24) is 9.80 Å². The first kappa shape index (κ1) is 16.1. The van der Waals surface area contributed by atoms with E-state index in [1.54, 1.807) is 12.1 Å². The summed E-state index contributed by atoms with van der Waals surface area (Å²) in [5.41, 5.74) is 0.839. The Balaban J connectivity index is 1.80. The van der Waals surface area contributed by atoms with Gasteiger partial charge in [0.1, 0.15) is 0 Å². The summed E-state index contributed by atoms with van der Waals surface area (Å²) >= 11 is 11.9. The normalized spacial score (nSPS) is 19.2. The molecule has 3 nitrogen and oxygen atoms in total. The molecule has 0 aromatic heterocycles. The molecular weight excluding hydrogens is 295 g/mol. The van der Waals surface area contributed by atoms with Gasteiger partial charge in [-0.3, -0.25) is 0 Å². The number of likely N-dealkylation sites (N-methyl/N-ethyl adjacent to an activating group) is 1. The van der Waals surface area contributed by atoms with Gasteiger partial charge in [-0.25, -0.2) is 0 Å². The number of aliphatic hydroxyl groups is 1. The van der Waals surface area contributed by atoms with E-state index in [0.29, 0.717) is 10.0 Å². The second-order valence-electron chi connectivity index (χ2n) is 5.25. The monoisotopic (exact) mass is 316 g/mol. The van der Waals surface area contributed by atoms with E-state index in [1.165, 1.54) is 0 Å². The highest BCUT2D eigenvalue weighted by molar-refractivity contribution is 6.42. The van der Waals surface area contributed by atoms with Crippen LogP contribution < -0.4 is 0 Å². The first-order valence-electron chi connectivity index (χ1n) is 7.18. The second kappa shape index (κ2) is 7.62. The summed E-state index contributed by atoms with van der Waals surface area (Å²) in [5, 5.41) is 11.3. The molecule has 5 heteroatoms. The predicted molar refractivity (Wildman–Crippen MR) is 84.6 cm³/mol. The molecule has 1 aliphatic heterocycles. The van der Waals surface area contributed by atoms with Crippen LogP contribution in [-0.2, 0) is 0 Å². The Morgan fingerprint density at radius 3 is 2.35 bits per heavy atom. The van der Waals surface area contributed by atoms with Crippen molar-refractivity contribution in [2.75, 3.05) is 39.3 Å². The van der Waals surface area contributed by atoms with Crippen molar-refractivity contribution in [2.45, 2.75) is 19.4 Å². The van der Waals surface area contributed by atoms with Crippen LogP contribution in [0.5, 0.6) is 0 Å². The largest absolute Gasteiger partial charge is 0.388 e. The number of benzene rings is 1. The molecule has 1 aromatic carbocycles. The fraction of sp³-hybridized carbons (Fsp3) is 0.600. The van der Waals surface area contributed by atoms with Crippen LogP contribution in [0, 0.1) is 0 Å². The minimum atomic E-state index is -0.478. The third-order valence-electron chi connectivity index (χ3n) is 3.96. The van der Waals surface area contributed by atoms with Gasteiger partial charge >= 0.3 is 0 Å². The van der Waals surface area contributed by atoms with E-state index in [-0.39, 0.29) is 0 Å². The molecule has 0 amide bonds. The Labute approximate surface area is 131 Å². The molecule has 0 saturated carbocycles. The Kier molecular flexibility index (Phi) is 6.12. The first-order chi connectivity index (χ1) is 9.60. The molecule has 1 atom stereocenters. The quantitative estimate of drug-likeness (QED) is 0.904. The van der Waals surface area contributed by atoms with Gasteiger partial charge < -0.3 is 14.9 Å². The van der Waals surface area contributed by atoms with E-state index in [1.807, 2.05) is 6.07 Å². The lowest BCUT2D eigenvalue weighted by Gasteiger charge is -2.34. The van der Waals surface area contributed by atoms with E-state index in [4.69, 9.17) is 23.2 Å². The molecular formula is C15H22Cl2N2O. The van der Waals surface area contributed by atoms with Crippen molar-refractivity contribution >= 4 is 23.2 Å². The topological polar surface area (TPSA) is 26.7 Å². The minimum absolute atomic E-state index is 0.478. The van der Waals surface area contributed by atoms with Gasteiger partial charge in [0, 0.05) is 32.7 Å². The summed E-state index contributed by atoms with van der Waals surface area (Å²) in [6.45, 7) is 8.66. The molecule has 0 aliphatic carbocycles. The first-order valence-corrected chi connectivity index (χ1v) is 7.93. The molecule has 20 heavy (non-hydrogen) atoms. The van der Waals surface area contributed by atoms with Gasteiger partial charge in [0.25, 0.3) is 0 Å². The Bertz CT molecular complexity index is 434. The van der Waals surface area contributed by atoms with E-state index in [9.17, 15) is 5.11 Å². The maximum absolute atomic E-state index is 10.2. The van der Waals surface area contributed by atoms with Crippen LogP contribution in [0.15, 0.2) is 18.2 Å². The molecule has 1 aliphatic rings. The van der Waals surface area contributed by atoms with Gasteiger partial charge in [-0.2, -0.15) is 0 Å². The molecule has 1 N–H and O–H groups in total. The second-order valence-corrected chi connectivity index (χ2v) is 6.07. The van der Waals surface area contributed by atoms with E-state index < -0.39 is 6.10 Å². The summed E-state index contributed by atoms with van der Waals surface area (Å²) in [5.74, 6) is 0. The van der Waals surface area contributed by atoms with Crippen LogP contribution in [0.2, 0.25) is 10.0 Å². The summed E-state index contributed by atoms with van der Waals surface area (Å²) in [7, 11) is 0. The summed E-state index contributed by atoms with van der Waals surface area (Å²) < 4.78 is 0. The number of piperazine rings is 1. The van der Waals surface area contributed by atoms with Crippen molar-refractivity contribution in [1.29, 1.82) is 0 Å². The van der Waals surface area contributed by atoms with Crippen LogP contribution >= 0.6 is 23.2 Å². The molecule has 1 unspecified atom stereocenters.